The van der Waals surface area contributed by atoms with Gasteiger partial charge in [-0.25, -0.2) is 9.59 Å². The first-order chi connectivity index (χ1) is 12.2. The zero-order chi connectivity index (χ0) is 19.5. The quantitative estimate of drug-likeness (QED) is 0.267. The molecule has 0 radical (unpaired) electrons. The Hall–Kier alpha value is -2.62. The summed E-state index contributed by atoms with van der Waals surface area (Å²) in [7, 11) is 1.06. The van der Waals surface area contributed by atoms with E-state index in [1.54, 1.807) is 0 Å². The van der Waals surface area contributed by atoms with Gasteiger partial charge in [-0.05, 0) is 23.8 Å². The maximum atomic E-state index is 11.9. The van der Waals surface area contributed by atoms with Gasteiger partial charge in [-0.1, -0.05) is 6.07 Å². The van der Waals surface area contributed by atoms with Crippen molar-refractivity contribution in [2.24, 2.45) is 0 Å². The smallest absolute Gasteiger partial charge is 0.338 e. The standard InChI is InChI=1S/C17H20O9/c1-25-16(23)17(24)7-12(20)15(22)13(8-17)26-14(21)5-3-9-2-4-10(18)11(19)6-9/h2-6,12-13,15,18-20,22,24H,7-8H2,1H3/t12-,13-,15-,17+/m1/s1. The minimum absolute atomic E-state index is 0.314. The number of aromatic hydroxyl groups is 2. The van der Waals surface area contributed by atoms with Crippen LogP contribution in [0, 0.1) is 0 Å². The average Bonchev–Trinajstić information content (AvgIpc) is 2.59. The van der Waals surface area contributed by atoms with Crippen molar-refractivity contribution in [3.05, 3.63) is 29.8 Å². The van der Waals surface area contributed by atoms with E-state index in [0.29, 0.717) is 5.56 Å². The molecule has 1 aliphatic carbocycles. The van der Waals surface area contributed by atoms with Crippen LogP contribution in [0.25, 0.3) is 6.08 Å². The molecule has 1 fully saturated rings. The number of carbonyl (C=O) groups excluding carboxylic acids is 2. The molecule has 1 saturated carbocycles. The van der Waals surface area contributed by atoms with Gasteiger partial charge in [0.1, 0.15) is 12.2 Å². The highest BCUT2D eigenvalue weighted by atomic mass is 16.6. The van der Waals surface area contributed by atoms with Crippen LogP contribution in [0.15, 0.2) is 24.3 Å². The molecule has 5 N–H and O–H groups in total. The van der Waals surface area contributed by atoms with Crippen LogP contribution in [-0.4, -0.2) is 68.5 Å². The number of benzene rings is 1. The Balaban J connectivity index is 2.07. The van der Waals surface area contributed by atoms with Crippen molar-refractivity contribution in [3.8, 4) is 11.5 Å². The largest absolute Gasteiger partial charge is 0.504 e. The van der Waals surface area contributed by atoms with Crippen molar-refractivity contribution >= 4 is 18.0 Å². The van der Waals surface area contributed by atoms with Gasteiger partial charge in [0.25, 0.3) is 0 Å². The van der Waals surface area contributed by atoms with Gasteiger partial charge in [-0.3, -0.25) is 0 Å². The Labute approximate surface area is 148 Å². The van der Waals surface area contributed by atoms with Crippen LogP contribution in [0.2, 0.25) is 0 Å². The number of aliphatic hydroxyl groups excluding tert-OH is 2. The van der Waals surface area contributed by atoms with E-state index in [0.717, 1.165) is 13.2 Å². The van der Waals surface area contributed by atoms with E-state index < -0.39 is 48.7 Å². The lowest BCUT2D eigenvalue weighted by molar-refractivity contribution is -0.198. The SMILES string of the molecule is COC(=O)[C@]1(O)C[C@@H](O)[C@@H](O)[C@H](OC(=O)C=Cc2ccc(O)c(O)c2)C1. The molecule has 9 nitrogen and oxygen atoms in total. The topological polar surface area (TPSA) is 154 Å². The molecule has 1 aliphatic rings. The minimum atomic E-state index is -2.08. The second-order valence-electron chi connectivity index (χ2n) is 6.05. The predicted molar refractivity (Wildman–Crippen MR) is 86.9 cm³/mol. The summed E-state index contributed by atoms with van der Waals surface area (Å²) in [4.78, 5) is 23.6. The molecular weight excluding hydrogens is 348 g/mol. The van der Waals surface area contributed by atoms with Gasteiger partial charge >= 0.3 is 11.9 Å². The van der Waals surface area contributed by atoms with Crippen LogP contribution in [0.5, 0.6) is 11.5 Å². The molecule has 0 amide bonds. The number of ether oxygens (including phenoxy) is 2. The fraction of sp³-hybridized carbons (Fsp3) is 0.412. The summed E-state index contributed by atoms with van der Waals surface area (Å²) in [5.41, 5.74) is -1.68. The fourth-order valence-corrected chi connectivity index (χ4v) is 2.72. The summed E-state index contributed by atoms with van der Waals surface area (Å²) in [6, 6.07) is 3.89. The summed E-state index contributed by atoms with van der Waals surface area (Å²) in [5.74, 6) is -2.58. The number of rotatable bonds is 4. The molecule has 0 heterocycles. The van der Waals surface area contributed by atoms with Crippen molar-refractivity contribution in [1.29, 1.82) is 0 Å². The number of aliphatic hydroxyl groups is 3. The second-order valence-corrected chi connectivity index (χ2v) is 6.05. The molecule has 4 atom stereocenters. The number of methoxy groups -OCH3 is 1. The molecule has 0 bridgehead atoms. The van der Waals surface area contributed by atoms with Crippen LogP contribution >= 0.6 is 0 Å². The molecule has 0 saturated heterocycles. The van der Waals surface area contributed by atoms with Crippen LogP contribution < -0.4 is 0 Å². The molecular formula is C17H20O9. The average molecular weight is 368 g/mol. The molecule has 0 aromatic heterocycles. The van der Waals surface area contributed by atoms with E-state index in [-0.39, 0.29) is 11.5 Å². The first-order valence-electron chi connectivity index (χ1n) is 7.74. The maximum Gasteiger partial charge on any atom is 0.338 e. The summed E-state index contributed by atoms with van der Waals surface area (Å²) >= 11 is 0. The maximum absolute atomic E-state index is 11.9. The van der Waals surface area contributed by atoms with Crippen molar-refractivity contribution in [2.75, 3.05) is 7.11 Å². The Morgan fingerprint density at radius 3 is 2.50 bits per heavy atom. The van der Waals surface area contributed by atoms with E-state index in [4.69, 9.17) is 4.74 Å². The van der Waals surface area contributed by atoms with Crippen LogP contribution in [0.4, 0.5) is 0 Å². The summed E-state index contributed by atoms with van der Waals surface area (Å²) in [6.45, 7) is 0. The molecule has 1 aromatic carbocycles. The molecule has 0 spiro atoms. The van der Waals surface area contributed by atoms with Crippen molar-refractivity contribution < 1.29 is 44.6 Å². The highest BCUT2D eigenvalue weighted by Gasteiger charge is 2.50. The molecule has 0 aliphatic heterocycles. The highest BCUT2D eigenvalue weighted by molar-refractivity contribution is 5.87. The summed E-state index contributed by atoms with van der Waals surface area (Å²) < 4.78 is 9.50. The number of phenolic OH excluding ortho intramolecular Hbond substituents is 2. The van der Waals surface area contributed by atoms with Gasteiger partial charge in [-0.15, -0.1) is 0 Å². The third-order valence-electron chi connectivity index (χ3n) is 4.11. The molecule has 1 aromatic rings. The summed E-state index contributed by atoms with van der Waals surface area (Å²) in [5, 5.41) is 48.7. The number of carbonyl (C=O) groups is 2. The van der Waals surface area contributed by atoms with E-state index in [9.17, 15) is 35.1 Å². The van der Waals surface area contributed by atoms with Crippen molar-refractivity contribution in [3.63, 3.8) is 0 Å². The Kier molecular flexibility index (Phi) is 5.86. The van der Waals surface area contributed by atoms with Crippen LogP contribution in [0.1, 0.15) is 18.4 Å². The second kappa shape index (κ2) is 7.73. The number of esters is 2. The molecule has 26 heavy (non-hydrogen) atoms. The Bertz CT molecular complexity index is 714. The Morgan fingerprint density at radius 1 is 1.19 bits per heavy atom. The van der Waals surface area contributed by atoms with Crippen LogP contribution in [0.3, 0.4) is 0 Å². The van der Waals surface area contributed by atoms with Gasteiger partial charge in [0, 0.05) is 18.9 Å². The zero-order valence-corrected chi connectivity index (χ0v) is 13.9. The number of hydrogen-bond acceptors (Lipinski definition) is 9. The van der Waals surface area contributed by atoms with Gasteiger partial charge in [-0.2, -0.15) is 0 Å². The minimum Gasteiger partial charge on any atom is -0.504 e. The van der Waals surface area contributed by atoms with Gasteiger partial charge in [0.15, 0.2) is 17.1 Å². The molecule has 142 valence electrons. The molecule has 0 unspecified atom stereocenters. The zero-order valence-electron chi connectivity index (χ0n) is 13.9. The lowest BCUT2D eigenvalue weighted by atomic mass is 9.79. The molecule has 2 rings (SSSR count). The summed E-state index contributed by atoms with van der Waals surface area (Å²) in [6.07, 6.45) is -2.88. The van der Waals surface area contributed by atoms with E-state index >= 15 is 0 Å². The third kappa shape index (κ3) is 4.31. The van der Waals surface area contributed by atoms with Gasteiger partial charge in [0.05, 0.1) is 13.2 Å². The lowest BCUT2D eigenvalue weighted by Gasteiger charge is -2.39. The number of phenols is 2. The van der Waals surface area contributed by atoms with E-state index in [1.807, 2.05) is 0 Å². The Morgan fingerprint density at radius 2 is 1.88 bits per heavy atom. The first kappa shape index (κ1) is 19.7. The fourth-order valence-electron chi connectivity index (χ4n) is 2.72. The third-order valence-corrected chi connectivity index (χ3v) is 4.11. The van der Waals surface area contributed by atoms with Gasteiger partial charge in [0.2, 0.25) is 0 Å². The highest BCUT2D eigenvalue weighted by Crippen LogP contribution is 2.32. The monoisotopic (exact) mass is 368 g/mol. The van der Waals surface area contributed by atoms with Crippen molar-refractivity contribution in [1.82, 2.24) is 0 Å². The number of hydrogen-bond donors (Lipinski definition) is 5. The van der Waals surface area contributed by atoms with Crippen molar-refractivity contribution in [2.45, 2.75) is 36.8 Å². The predicted octanol–water partition coefficient (Wildman–Crippen LogP) is -0.558. The van der Waals surface area contributed by atoms with E-state index in [1.165, 1.54) is 24.3 Å². The normalized spacial score (nSPS) is 28.7. The van der Waals surface area contributed by atoms with E-state index in [2.05, 4.69) is 4.74 Å². The first-order valence-corrected chi connectivity index (χ1v) is 7.74. The van der Waals surface area contributed by atoms with Crippen LogP contribution in [-0.2, 0) is 19.1 Å². The van der Waals surface area contributed by atoms with Gasteiger partial charge < -0.3 is 35.0 Å². The lowest BCUT2D eigenvalue weighted by Crippen LogP contribution is -2.57. The molecule has 9 heteroatoms.